The lowest BCUT2D eigenvalue weighted by molar-refractivity contribution is -0.145. The molecular formula is C35H33ClN2O9S. The quantitative estimate of drug-likeness (QED) is 0.197. The van der Waals surface area contributed by atoms with Crippen molar-refractivity contribution in [1.29, 1.82) is 0 Å². The molecule has 1 aliphatic rings. The third-order valence-electron chi connectivity index (χ3n) is 7.29. The van der Waals surface area contributed by atoms with Crippen LogP contribution in [0.15, 0.2) is 76.0 Å². The molecule has 0 bridgehead atoms. The molecule has 1 aromatic heterocycles. The average Bonchev–Trinajstić information content (AvgIpc) is 3.40. The van der Waals surface area contributed by atoms with Crippen LogP contribution in [0.3, 0.4) is 0 Å². The predicted octanol–water partition coefficient (Wildman–Crippen LogP) is 4.56. The molecule has 3 aromatic carbocycles. The number of aromatic nitrogens is 1. The Bertz CT molecular complexity index is 2050. The van der Waals surface area contributed by atoms with Gasteiger partial charge in [-0.15, -0.1) is 0 Å². The number of rotatable bonds is 12. The number of ether oxygens (including phenoxy) is 6. The molecule has 2 heterocycles. The Morgan fingerprint density at radius 1 is 0.917 bits per heavy atom. The van der Waals surface area contributed by atoms with E-state index in [1.807, 2.05) is 30.3 Å². The number of thiazole rings is 1. The van der Waals surface area contributed by atoms with Crippen molar-refractivity contribution < 1.29 is 38.0 Å². The minimum Gasteiger partial charge on any atom is -0.493 e. The number of hydrogen-bond donors (Lipinski definition) is 0. The van der Waals surface area contributed by atoms with E-state index in [1.54, 1.807) is 50.3 Å². The number of nitrogens with zero attached hydrogens (tertiary/aromatic N) is 2. The van der Waals surface area contributed by atoms with Crippen molar-refractivity contribution in [3.05, 3.63) is 108 Å². The molecule has 13 heteroatoms. The fourth-order valence-electron chi connectivity index (χ4n) is 5.23. The second kappa shape index (κ2) is 15.2. The number of carbonyl (C=O) groups excluding carboxylic acids is 2. The molecule has 0 fully saturated rings. The van der Waals surface area contributed by atoms with Gasteiger partial charge in [-0.05, 0) is 55.3 Å². The summed E-state index contributed by atoms with van der Waals surface area (Å²) in [7, 11) is 4.47. The summed E-state index contributed by atoms with van der Waals surface area (Å²) in [6.07, 6.45) is 1.65. The molecule has 5 rings (SSSR count). The summed E-state index contributed by atoms with van der Waals surface area (Å²) in [4.78, 5) is 45.1. The molecule has 0 spiro atoms. The van der Waals surface area contributed by atoms with Crippen LogP contribution in [-0.2, 0) is 19.1 Å². The molecule has 0 N–H and O–H groups in total. The van der Waals surface area contributed by atoms with Crippen molar-refractivity contribution in [2.75, 3.05) is 41.2 Å². The third-order valence-corrected chi connectivity index (χ3v) is 8.55. The van der Waals surface area contributed by atoms with Gasteiger partial charge in [0, 0.05) is 5.56 Å². The van der Waals surface area contributed by atoms with E-state index in [1.165, 1.54) is 25.9 Å². The molecule has 48 heavy (non-hydrogen) atoms. The van der Waals surface area contributed by atoms with E-state index in [9.17, 15) is 14.4 Å². The Morgan fingerprint density at radius 2 is 1.62 bits per heavy atom. The highest BCUT2D eigenvalue weighted by Gasteiger charge is 2.35. The summed E-state index contributed by atoms with van der Waals surface area (Å²) in [6.45, 7) is 3.39. The van der Waals surface area contributed by atoms with E-state index in [2.05, 4.69) is 0 Å². The standard InChI is InChI=1S/C35H33ClN2O9S/c1-6-45-28(39)19-47-32-23(36)15-20(16-26(32)44-5)17-27-33(40)38-31(22-13-14-24(42-3)25(18-22)43-4)29(34(41)46-7-2)30(37-35(38)48-27)21-11-9-8-10-12-21/h8-18,31H,6-7,19H2,1-5H3/b27-17-/t31-/m0/s1. The van der Waals surface area contributed by atoms with Crippen LogP contribution in [0.1, 0.15) is 36.6 Å². The van der Waals surface area contributed by atoms with E-state index < -0.39 is 23.5 Å². The lowest BCUT2D eigenvalue weighted by atomic mass is 9.93. The van der Waals surface area contributed by atoms with Crippen LogP contribution in [0.5, 0.6) is 23.0 Å². The second-order valence-corrected chi connectivity index (χ2v) is 11.6. The number of benzene rings is 3. The van der Waals surface area contributed by atoms with Gasteiger partial charge in [0.15, 0.2) is 34.4 Å². The highest BCUT2D eigenvalue weighted by atomic mass is 35.5. The average molecular weight is 693 g/mol. The topological polar surface area (TPSA) is 124 Å². The van der Waals surface area contributed by atoms with Gasteiger partial charge in [0.25, 0.3) is 5.56 Å². The fourth-order valence-corrected chi connectivity index (χ4v) is 6.50. The van der Waals surface area contributed by atoms with Crippen molar-refractivity contribution >= 4 is 46.6 Å². The summed E-state index contributed by atoms with van der Waals surface area (Å²) >= 11 is 7.70. The Hall–Kier alpha value is -5.07. The van der Waals surface area contributed by atoms with Crippen LogP contribution in [-0.4, -0.2) is 57.7 Å². The van der Waals surface area contributed by atoms with Crippen molar-refractivity contribution in [3.8, 4) is 23.0 Å². The zero-order valence-corrected chi connectivity index (χ0v) is 28.5. The Kier molecular flexibility index (Phi) is 10.9. The van der Waals surface area contributed by atoms with Gasteiger partial charge in [-0.3, -0.25) is 9.36 Å². The van der Waals surface area contributed by atoms with E-state index >= 15 is 0 Å². The molecule has 0 saturated carbocycles. The first-order valence-electron chi connectivity index (χ1n) is 14.9. The number of carbonyl (C=O) groups is 2. The number of halogens is 1. The van der Waals surface area contributed by atoms with Crippen molar-refractivity contribution in [3.63, 3.8) is 0 Å². The maximum atomic E-state index is 14.3. The smallest absolute Gasteiger partial charge is 0.344 e. The summed E-state index contributed by atoms with van der Waals surface area (Å²) in [5.41, 5.74) is 1.97. The van der Waals surface area contributed by atoms with Crippen LogP contribution >= 0.6 is 22.9 Å². The number of hydrogen-bond acceptors (Lipinski definition) is 11. The molecule has 11 nitrogen and oxygen atoms in total. The van der Waals surface area contributed by atoms with Crippen LogP contribution in [0.25, 0.3) is 11.8 Å². The highest BCUT2D eigenvalue weighted by molar-refractivity contribution is 7.07. The van der Waals surface area contributed by atoms with Crippen LogP contribution in [0.4, 0.5) is 0 Å². The van der Waals surface area contributed by atoms with E-state index in [4.69, 9.17) is 45.0 Å². The predicted molar refractivity (Wildman–Crippen MR) is 181 cm³/mol. The van der Waals surface area contributed by atoms with Gasteiger partial charge in [0.1, 0.15) is 0 Å². The SMILES string of the molecule is CCOC(=O)COc1c(Cl)cc(/C=c2\sc3n(c2=O)[C@@H](c2ccc(OC)c(OC)c2)C(C(=O)OCC)=C(c2ccccc2)N=3)cc1OC. The van der Waals surface area contributed by atoms with Crippen LogP contribution < -0.4 is 33.8 Å². The van der Waals surface area contributed by atoms with Crippen molar-refractivity contribution in [2.45, 2.75) is 19.9 Å². The van der Waals surface area contributed by atoms with Gasteiger partial charge in [-0.25, -0.2) is 14.6 Å². The summed E-state index contributed by atoms with van der Waals surface area (Å²) in [5, 5.41) is 0.164. The Balaban J connectivity index is 1.73. The van der Waals surface area contributed by atoms with Crippen molar-refractivity contribution in [2.24, 2.45) is 4.99 Å². The fraction of sp³-hybridized carbons (Fsp3) is 0.257. The van der Waals surface area contributed by atoms with Gasteiger partial charge in [-0.2, -0.15) is 0 Å². The zero-order valence-electron chi connectivity index (χ0n) is 26.9. The molecule has 1 aliphatic heterocycles. The monoisotopic (exact) mass is 692 g/mol. The van der Waals surface area contributed by atoms with Gasteiger partial charge >= 0.3 is 11.9 Å². The van der Waals surface area contributed by atoms with E-state index in [-0.39, 0.29) is 41.9 Å². The lowest BCUT2D eigenvalue weighted by Gasteiger charge is -2.26. The van der Waals surface area contributed by atoms with Crippen LogP contribution in [0, 0.1) is 0 Å². The molecule has 0 unspecified atom stereocenters. The normalized spacial score (nSPS) is 14.1. The third kappa shape index (κ3) is 6.95. The minimum absolute atomic E-state index is 0.121. The Labute approximate surface area is 285 Å². The maximum absolute atomic E-state index is 14.3. The molecule has 0 amide bonds. The number of esters is 2. The maximum Gasteiger partial charge on any atom is 0.344 e. The molecule has 0 aliphatic carbocycles. The molecule has 250 valence electrons. The Morgan fingerprint density at radius 3 is 2.29 bits per heavy atom. The van der Waals surface area contributed by atoms with Gasteiger partial charge in [-0.1, -0.05) is 59.3 Å². The van der Waals surface area contributed by atoms with Gasteiger partial charge in [0.05, 0.1) is 61.4 Å². The second-order valence-electron chi connectivity index (χ2n) is 10.2. The molecule has 0 saturated heterocycles. The summed E-state index contributed by atoms with van der Waals surface area (Å²) < 4.78 is 34.4. The molecule has 1 atom stereocenters. The highest BCUT2D eigenvalue weighted by Crippen LogP contribution is 2.39. The number of methoxy groups -OCH3 is 3. The largest absolute Gasteiger partial charge is 0.493 e. The van der Waals surface area contributed by atoms with Gasteiger partial charge < -0.3 is 28.4 Å². The van der Waals surface area contributed by atoms with Gasteiger partial charge in [0.2, 0.25) is 0 Å². The first-order valence-corrected chi connectivity index (χ1v) is 16.1. The number of fused-ring (bicyclic) bond motifs is 1. The first-order chi connectivity index (χ1) is 23.2. The lowest BCUT2D eigenvalue weighted by Crippen LogP contribution is -2.40. The minimum atomic E-state index is -0.922. The molecular weight excluding hydrogens is 660 g/mol. The zero-order chi connectivity index (χ0) is 34.4. The molecule has 4 aromatic rings. The van der Waals surface area contributed by atoms with Crippen molar-refractivity contribution in [1.82, 2.24) is 4.57 Å². The first kappa shape index (κ1) is 34.3. The summed E-state index contributed by atoms with van der Waals surface area (Å²) in [5.74, 6) is 0.159. The molecule has 0 radical (unpaired) electrons. The van der Waals surface area contributed by atoms with E-state index in [0.29, 0.717) is 43.2 Å². The van der Waals surface area contributed by atoms with Crippen LogP contribution in [0.2, 0.25) is 5.02 Å². The summed E-state index contributed by atoms with van der Waals surface area (Å²) in [6, 6.07) is 16.8. The van der Waals surface area contributed by atoms with E-state index in [0.717, 1.165) is 11.3 Å².